The minimum Gasteiger partial charge on any atom is -0.550 e. The molecule has 0 spiro atoms. The van der Waals surface area contributed by atoms with Crippen LogP contribution in [0.2, 0.25) is 0 Å². The molecule has 0 radical (unpaired) electrons. The van der Waals surface area contributed by atoms with E-state index in [0.717, 1.165) is 6.42 Å². The van der Waals surface area contributed by atoms with E-state index in [-0.39, 0.29) is 0 Å². The monoisotopic (exact) mass is 171 g/mol. The van der Waals surface area contributed by atoms with Gasteiger partial charge in [0.1, 0.15) is 0 Å². The third-order valence-corrected chi connectivity index (χ3v) is 2.32. The lowest BCUT2D eigenvalue weighted by molar-refractivity contribution is -0.312. The number of aliphatic carboxylic acids is 1. The first-order valence-corrected chi connectivity index (χ1v) is 3.95. The molecule has 0 saturated heterocycles. The minimum absolute atomic E-state index is 0.429. The lowest BCUT2D eigenvalue weighted by atomic mass is 9.97. The van der Waals surface area contributed by atoms with Crippen molar-refractivity contribution in [3.8, 4) is 0 Å². The summed E-state index contributed by atoms with van der Waals surface area (Å²) in [5.74, 6) is -2.69. The van der Waals surface area contributed by atoms with E-state index < -0.39 is 23.8 Å². The molecule has 0 heterocycles. The van der Waals surface area contributed by atoms with Crippen molar-refractivity contribution in [2.75, 3.05) is 7.11 Å². The molecule has 0 amide bonds. The van der Waals surface area contributed by atoms with Gasteiger partial charge in [-0.25, -0.2) is 0 Å². The van der Waals surface area contributed by atoms with Gasteiger partial charge < -0.3 is 14.6 Å². The molecule has 0 aromatic heterocycles. The largest absolute Gasteiger partial charge is 0.550 e. The van der Waals surface area contributed by atoms with Crippen LogP contribution in [0.1, 0.15) is 19.3 Å². The molecule has 0 aliphatic heterocycles. The Kier molecular flexibility index (Phi) is 2.68. The fourth-order valence-electron chi connectivity index (χ4n) is 1.68. The van der Waals surface area contributed by atoms with E-state index in [9.17, 15) is 14.7 Å². The number of methoxy groups -OCH3 is 1. The highest BCUT2D eigenvalue weighted by Gasteiger charge is 2.34. The van der Waals surface area contributed by atoms with Gasteiger partial charge in [-0.1, -0.05) is 6.42 Å². The molecule has 1 fully saturated rings. The van der Waals surface area contributed by atoms with Crippen molar-refractivity contribution in [3.05, 3.63) is 0 Å². The van der Waals surface area contributed by atoms with Gasteiger partial charge in [-0.2, -0.15) is 0 Å². The number of carboxylic acid groups (broad SMARTS) is 1. The molecule has 1 saturated carbocycles. The SMILES string of the molecule is COC(=O)[C@@H]1CCC[C@H]1C(=O)[O-]. The lowest BCUT2D eigenvalue weighted by Gasteiger charge is -2.17. The molecule has 0 bridgehead atoms. The maximum Gasteiger partial charge on any atom is 0.309 e. The summed E-state index contributed by atoms with van der Waals surface area (Å²) in [5.41, 5.74) is 0. The molecule has 0 unspecified atom stereocenters. The van der Waals surface area contributed by atoms with Crippen molar-refractivity contribution in [3.63, 3.8) is 0 Å². The van der Waals surface area contributed by atoms with Crippen LogP contribution in [0.5, 0.6) is 0 Å². The number of hydrogen-bond acceptors (Lipinski definition) is 4. The van der Waals surface area contributed by atoms with Gasteiger partial charge in [0.15, 0.2) is 0 Å². The summed E-state index contributed by atoms with van der Waals surface area (Å²) >= 11 is 0. The number of carbonyl (C=O) groups is 2. The predicted octanol–water partition coefficient (Wildman–Crippen LogP) is -0.674. The second-order valence-corrected chi connectivity index (χ2v) is 2.99. The zero-order valence-corrected chi connectivity index (χ0v) is 6.91. The summed E-state index contributed by atoms with van der Waals surface area (Å²) < 4.78 is 4.48. The number of ether oxygens (including phenoxy) is 1. The Balaban J connectivity index is 2.63. The number of esters is 1. The highest BCUT2D eigenvalue weighted by atomic mass is 16.5. The highest BCUT2D eigenvalue weighted by Crippen LogP contribution is 2.31. The van der Waals surface area contributed by atoms with E-state index in [1.54, 1.807) is 0 Å². The molecule has 1 rings (SSSR count). The standard InChI is InChI=1S/C8H12O4/c1-12-8(11)6-4-2-3-5(6)7(9)10/h5-6H,2-4H2,1H3,(H,9,10)/p-1/t5-,6-/m1/s1. The van der Waals surface area contributed by atoms with Crippen molar-refractivity contribution in [2.24, 2.45) is 11.8 Å². The van der Waals surface area contributed by atoms with Crippen LogP contribution in [0.3, 0.4) is 0 Å². The fraction of sp³-hybridized carbons (Fsp3) is 0.750. The predicted molar refractivity (Wildman–Crippen MR) is 37.9 cm³/mol. The number of carbonyl (C=O) groups excluding carboxylic acids is 2. The first kappa shape index (κ1) is 9.03. The molecule has 4 nitrogen and oxygen atoms in total. The normalized spacial score (nSPS) is 28.4. The van der Waals surface area contributed by atoms with Gasteiger partial charge in [0.25, 0.3) is 0 Å². The van der Waals surface area contributed by atoms with Crippen LogP contribution in [0.15, 0.2) is 0 Å². The second-order valence-electron chi connectivity index (χ2n) is 2.99. The molecular weight excluding hydrogens is 160 g/mol. The summed E-state index contributed by atoms with van der Waals surface area (Å²) in [6, 6.07) is 0. The van der Waals surface area contributed by atoms with Gasteiger partial charge in [0.2, 0.25) is 0 Å². The molecule has 1 aliphatic carbocycles. The molecule has 68 valence electrons. The fourth-order valence-corrected chi connectivity index (χ4v) is 1.68. The van der Waals surface area contributed by atoms with E-state index in [0.29, 0.717) is 12.8 Å². The third kappa shape index (κ3) is 1.57. The van der Waals surface area contributed by atoms with Crippen LogP contribution >= 0.6 is 0 Å². The van der Waals surface area contributed by atoms with Crippen LogP contribution in [-0.2, 0) is 14.3 Å². The van der Waals surface area contributed by atoms with Gasteiger partial charge in [0, 0.05) is 11.9 Å². The third-order valence-electron chi connectivity index (χ3n) is 2.32. The Labute approximate surface area is 70.5 Å². The Morgan fingerprint density at radius 2 is 1.92 bits per heavy atom. The minimum atomic E-state index is -1.14. The number of carboxylic acids is 1. The summed E-state index contributed by atoms with van der Waals surface area (Å²) in [5, 5.41) is 10.5. The molecular formula is C8H11O4-. The first-order valence-electron chi connectivity index (χ1n) is 3.95. The van der Waals surface area contributed by atoms with Crippen molar-refractivity contribution in [1.29, 1.82) is 0 Å². The maximum atomic E-state index is 11.0. The summed E-state index contributed by atoms with van der Waals surface area (Å²) in [6.07, 6.45) is 1.89. The average molecular weight is 171 g/mol. The molecule has 12 heavy (non-hydrogen) atoms. The van der Waals surface area contributed by atoms with Crippen molar-refractivity contribution >= 4 is 11.9 Å². The maximum absolute atomic E-state index is 11.0. The zero-order valence-electron chi connectivity index (χ0n) is 6.91. The van der Waals surface area contributed by atoms with E-state index >= 15 is 0 Å². The lowest BCUT2D eigenvalue weighted by Crippen LogP contribution is -2.36. The van der Waals surface area contributed by atoms with E-state index in [1.807, 2.05) is 0 Å². The van der Waals surface area contributed by atoms with Gasteiger partial charge in [0.05, 0.1) is 13.0 Å². The van der Waals surface area contributed by atoms with Crippen molar-refractivity contribution < 1.29 is 19.4 Å². The van der Waals surface area contributed by atoms with Crippen LogP contribution < -0.4 is 5.11 Å². The first-order chi connectivity index (χ1) is 5.66. The number of hydrogen-bond donors (Lipinski definition) is 0. The van der Waals surface area contributed by atoms with Crippen LogP contribution in [-0.4, -0.2) is 19.0 Å². The molecule has 4 heteroatoms. The molecule has 0 N–H and O–H groups in total. The van der Waals surface area contributed by atoms with Gasteiger partial charge >= 0.3 is 5.97 Å². The molecule has 0 aromatic rings. The van der Waals surface area contributed by atoms with Gasteiger partial charge in [-0.15, -0.1) is 0 Å². The van der Waals surface area contributed by atoms with Crippen LogP contribution in [0.4, 0.5) is 0 Å². The topological polar surface area (TPSA) is 66.4 Å². The number of rotatable bonds is 2. The summed E-state index contributed by atoms with van der Waals surface area (Å²) in [4.78, 5) is 21.5. The van der Waals surface area contributed by atoms with Gasteiger partial charge in [-0.3, -0.25) is 4.79 Å². The van der Waals surface area contributed by atoms with E-state index in [1.165, 1.54) is 7.11 Å². The van der Waals surface area contributed by atoms with Gasteiger partial charge in [-0.05, 0) is 12.8 Å². The molecule has 0 aromatic carbocycles. The highest BCUT2D eigenvalue weighted by molar-refractivity contribution is 5.80. The Morgan fingerprint density at radius 1 is 1.33 bits per heavy atom. The van der Waals surface area contributed by atoms with Crippen LogP contribution in [0, 0.1) is 11.8 Å². The molecule has 1 aliphatic rings. The quantitative estimate of drug-likeness (QED) is 0.516. The van der Waals surface area contributed by atoms with Crippen molar-refractivity contribution in [1.82, 2.24) is 0 Å². The zero-order chi connectivity index (χ0) is 9.14. The second kappa shape index (κ2) is 3.56. The van der Waals surface area contributed by atoms with E-state index in [4.69, 9.17) is 0 Å². The average Bonchev–Trinajstić information content (AvgIpc) is 2.50. The molecule has 2 atom stereocenters. The van der Waals surface area contributed by atoms with E-state index in [2.05, 4.69) is 4.74 Å². The smallest absolute Gasteiger partial charge is 0.309 e. The Morgan fingerprint density at radius 3 is 2.42 bits per heavy atom. The van der Waals surface area contributed by atoms with Crippen LogP contribution in [0.25, 0.3) is 0 Å². The summed E-state index contributed by atoms with van der Waals surface area (Å²) in [7, 11) is 1.27. The summed E-state index contributed by atoms with van der Waals surface area (Å²) in [6.45, 7) is 0. The van der Waals surface area contributed by atoms with Crippen molar-refractivity contribution in [2.45, 2.75) is 19.3 Å². The Hall–Kier alpha value is -1.06. The Bertz CT molecular complexity index is 199.